The number of nitrogens with two attached hydrogens (primary N) is 1. The van der Waals surface area contributed by atoms with Gasteiger partial charge >= 0.3 is 0 Å². The van der Waals surface area contributed by atoms with E-state index in [0.29, 0.717) is 0 Å². The predicted molar refractivity (Wildman–Crippen MR) is 87.0 cm³/mol. The lowest BCUT2D eigenvalue weighted by Crippen LogP contribution is -2.13. The summed E-state index contributed by atoms with van der Waals surface area (Å²) in [6.07, 6.45) is 0. The third kappa shape index (κ3) is 2.40. The minimum Gasteiger partial charge on any atom is -0.320 e. The van der Waals surface area contributed by atoms with Crippen LogP contribution in [-0.2, 0) is 0 Å². The Morgan fingerprint density at radius 2 is 1.95 bits per heavy atom. The van der Waals surface area contributed by atoms with Crippen LogP contribution in [0, 0.1) is 9.39 Å². The molecular weight excluding hydrogens is 372 g/mol. The molecule has 0 aliphatic heterocycles. The maximum atomic E-state index is 13.2. The summed E-state index contributed by atoms with van der Waals surface area (Å²) in [5, 5.41) is 3.27. The highest BCUT2D eigenvalue weighted by Crippen LogP contribution is 2.32. The minimum atomic E-state index is -0.227. The first kappa shape index (κ1) is 13.0. The van der Waals surface area contributed by atoms with Crippen molar-refractivity contribution in [3.63, 3.8) is 0 Å². The average molecular weight is 383 g/mol. The van der Waals surface area contributed by atoms with Crippen LogP contribution in [0.4, 0.5) is 4.39 Å². The van der Waals surface area contributed by atoms with E-state index in [0.717, 1.165) is 14.7 Å². The Kier molecular flexibility index (Phi) is 3.56. The molecular formula is C15H11FINS. The lowest BCUT2D eigenvalue weighted by Gasteiger charge is -2.15. The summed E-state index contributed by atoms with van der Waals surface area (Å²) in [7, 11) is 0. The van der Waals surface area contributed by atoms with Crippen molar-refractivity contribution in [2.45, 2.75) is 6.04 Å². The second kappa shape index (κ2) is 5.19. The highest BCUT2D eigenvalue weighted by atomic mass is 127. The van der Waals surface area contributed by atoms with E-state index in [9.17, 15) is 4.39 Å². The second-order valence-electron chi connectivity index (χ2n) is 4.33. The molecule has 1 nitrogen and oxygen atoms in total. The first-order valence-corrected chi connectivity index (χ1v) is 7.79. The fourth-order valence-electron chi connectivity index (χ4n) is 2.18. The van der Waals surface area contributed by atoms with Gasteiger partial charge in [0.1, 0.15) is 5.82 Å². The van der Waals surface area contributed by atoms with Gasteiger partial charge in [-0.2, -0.15) is 0 Å². The molecule has 0 spiro atoms. The maximum absolute atomic E-state index is 13.2. The highest BCUT2D eigenvalue weighted by molar-refractivity contribution is 14.1. The van der Waals surface area contributed by atoms with Gasteiger partial charge in [-0.25, -0.2) is 4.39 Å². The summed E-state index contributed by atoms with van der Waals surface area (Å²) in [6, 6.07) is 12.8. The van der Waals surface area contributed by atoms with Crippen LogP contribution in [0.25, 0.3) is 10.1 Å². The minimum absolute atomic E-state index is 0.227. The lowest BCUT2D eigenvalue weighted by atomic mass is 9.98. The number of rotatable bonds is 2. The maximum Gasteiger partial charge on any atom is 0.124 e. The molecule has 1 heterocycles. The molecule has 0 aliphatic rings. The molecule has 1 aromatic heterocycles. The van der Waals surface area contributed by atoms with E-state index in [1.807, 2.05) is 12.1 Å². The zero-order valence-corrected chi connectivity index (χ0v) is 12.9. The molecule has 1 unspecified atom stereocenters. The van der Waals surface area contributed by atoms with Gasteiger partial charge in [0, 0.05) is 8.27 Å². The van der Waals surface area contributed by atoms with Gasteiger partial charge in [-0.3, -0.25) is 0 Å². The highest BCUT2D eigenvalue weighted by Gasteiger charge is 2.15. The summed E-state index contributed by atoms with van der Waals surface area (Å²) in [6.45, 7) is 0. The van der Waals surface area contributed by atoms with Gasteiger partial charge in [-0.1, -0.05) is 24.3 Å². The normalized spacial score (nSPS) is 12.8. The zero-order valence-electron chi connectivity index (χ0n) is 9.94. The van der Waals surface area contributed by atoms with Crippen molar-refractivity contribution in [1.29, 1.82) is 0 Å². The second-order valence-corrected chi connectivity index (χ2v) is 6.41. The van der Waals surface area contributed by atoms with Crippen LogP contribution in [-0.4, -0.2) is 0 Å². The fourth-order valence-corrected chi connectivity index (χ4v) is 3.95. The summed E-state index contributed by atoms with van der Waals surface area (Å²) in [4.78, 5) is 0. The van der Waals surface area contributed by atoms with Gasteiger partial charge in [-0.15, -0.1) is 11.3 Å². The van der Waals surface area contributed by atoms with Gasteiger partial charge < -0.3 is 5.73 Å². The zero-order chi connectivity index (χ0) is 13.4. The van der Waals surface area contributed by atoms with E-state index in [4.69, 9.17) is 5.73 Å². The van der Waals surface area contributed by atoms with E-state index in [2.05, 4.69) is 40.1 Å². The summed E-state index contributed by atoms with van der Waals surface area (Å²) < 4.78 is 15.2. The Bertz CT molecular complexity index is 738. The Morgan fingerprint density at radius 3 is 2.74 bits per heavy atom. The molecule has 0 aliphatic carbocycles. The molecule has 4 heteroatoms. The molecule has 0 bridgehead atoms. The van der Waals surface area contributed by atoms with Crippen LogP contribution in [0.1, 0.15) is 17.2 Å². The molecule has 19 heavy (non-hydrogen) atoms. The number of halogens is 2. The lowest BCUT2D eigenvalue weighted by molar-refractivity contribution is 0.625. The molecule has 2 N–H and O–H groups in total. The van der Waals surface area contributed by atoms with Gasteiger partial charge in [-0.05, 0) is 62.7 Å². The SMILES string of the molecule is NC(c1ccc(F)cc1I)c1cccc2ccsc12. The molecule has 0 saturated heterocycles. The molecule has 2 aromatic carbocycles. The van der Waals surface area contributed by atoms with Crippen LogP contribution in [0.15, 0.2) is 47.8 Å². The summed E-state index contributed by atoms with van der Waals surface area (Å²) in [5.41, 5.74) is 8.43. The number of fused-ring (bicyclic) bond motifs is 1. The Labute approximate surface area is 128 Å². The van der Waals surface area contributed by atoms with Crippen molar-refractivity contribution in [2.75, 3.05) is 0 Å². The Hall–Kier alpha value is -0.980. The largest absolute Gasteiger partial charge is 0.320 e. The number of benzene rings is 2. The molecule has 0 radical (unpaired) electrons. The molecule has 0 saturated carbocycles. The van der Waals surface area contributed by atoms with E-state index in [1.54, 1.807) is 17.4 Å². The van der Waals surface area contributed by atoms with Crippen molar-refractivity contribution in [3.05, 3.63) is 68.4 Å². The van der Waals surface area contributed by atoms with Crippen LogP contribution in [0.5, 0.6) is 0 Å². The molecule has 3 aromatic rings. The van der Waals surface area contributed by atoms with Crippen molar-refractivity contribution < 1.29 is 4.39 Å². The molecule has 0 fully saturated rings. The number of thiophene rings is 1. The van der Waals surface area contributed by atoms with E-state index >= 15 is 0 Å². The Morgan fingerprint density at radius 1 is 1.11 bits per heavy atom. The van der Waals surface area contributed by atoms with E-state index in [-0.39, 0.29) is 11.9 Å². The average Bonchev–Trinajstić information content (AvgIpc) is 2.86. The number of hydrogen-bond donors (Lipinski definition) is 1. The van der Waals surface area contributed by atoms with Crippen LogP contribution in [0.2, 0.25) is 0 Å². The monoisotopic (exact) mass is 383 g/mol. The first-order valence-electron chi connectivity index (χ1n) is 5.83. The standard InChI is InChI=1S/C15H11FINS/c16-10-4-5-11(13(17)8-10)14(18)12-3-1-2-9-6-7-19-15(9)12/h1-8,14H,18H2. The summed E-state index contributed by atoms with van der Waals surface area (Å²) in [5.74, 6) is -0.227. The fraction of sp³-hybridized carbons (Fsp3) is 0.0667. The molecule has 1 atom stereocenters. The van der Waals surface area contributed by atoms with Crippen molar-refractivity contribution in [3.8, 4) is 0 Å². The van der Waals surface area contributed by atoms with Gasteiger partial charge in [0.25, 0.3) is 0 Å². The first-order chi connectivity index (χ1) is 9.16. The van der Waals surface area contributed by atoms with Crippen LogP contribution in [0.3, 0.4) is 0 Å². The smallest absolute Gasteiger partial charge is 0.124 e. The summed E-state index contributed by atoms with van der Waals surface area (Å²) >= 11 is 3.82. The van der Waals surface area contributed by atoms with E-state index in [1.165, 1.54) is 22.2 Å². The van der Waals surface area contributed by atoms with Crippen LogP contribution >= 0.6 is 33.9 Å². The Balaban J connectivity index is 2.13. The predicted octanol–water partition coefficient (Wildman–Crippen LogP) is 4.69. The van der Waals surface area contributed by atoms with Crippen molar-refractivity contribution in [2.24, 2.45) is 5.73 Å². The van der Waals surface area contributed by atoms with Crippen molar-refractivity contribution in [1.82, 2.24) is 0 Å². The van der Waals surface area contributed by atoms with E-state index < -0.39 is 0 Å². The molecule has 96 valence electrons. The van der Waals surface area contributed by atoms with Crippen molar-refractivity contribution >= 4 is 44.0 Å². The number of hydrogen-bond acceptors (Lipinski definition) is 2. The molecule has 0 amide bonds. The third-order valence-corrected chi connectivity index (χ3v) is 5.06. The van der Waals surface area contributed by atoms with Gasteiger partial charge in [0.05, 0.1) is 6.04 Å². The molecule has 3 rings (SSSR count). The van der Waals surface area contributed by atoms with Crippen LogP contribution < -0.4 is 5.73 Å². The van der Waals surface area contributed by atoms with Gasteiger partial charge in [0.15, 0.2) is 0 Å². The van der Waals surface area contributed by atoms with Gasteiger partial charge in [0.2, 0.25) is 0 Å². The third-order valence-electron chi connectivity index (χ3n) is 3.14. The topological polar surface area (TPSA) is 26.0 Å². The quantitative estimate of drug-likeness (QED) is 0.639.